The highest BCUT2D eigenvalue weighted by atomic mass is 16.3. The van der Waals surface area contributed by atoms with E-state index in [1.165, 1.54) is 0 Å². The van der Waals surface area contributed by atoms with E-state index in [4.69, 9.17) is 23.8 Å². The molecule has 0 N–H and O–H groups in total. The van der Waals surface area contributed by atoms with E-state index in [-0.39, 0.29) is 0 Å². The van der Waals surface area contributed by atoms with Crippen LogP contribution in [0.2, 0.25) is 0 Å². The number of aromatic nitrogens is 3. The summed E-state index contributed by atoms with van der Waals surface area (Å²) in [6.07, 6.45) is 0. The van der Waals surface area contributed by atoms with Crippen LogP contribution >= 0.6 is 0 Å². The Kier molecular flexibility index (Phi) is 5.81. The van der Waals surface area contributed by atoms with Gasteiger partial charge < -0.3 is 8.83 Å². The lowest BCUT2D eigenvalue weighted by atomic mass is 9.92. The molecule has 0 saturated heterocycles. The number of hydrogen-bond donors (Lipinski definition) is 0. The number of furan rings is 2. The van der Waals surface area contributed by atoms with Crippen molar-refractivity contribution in [1.82, 2.24) is 15.0 Å². The molecule has 0 spiro atoms. The van der Waals surface area contributed by atoms with Crippen molar-refractivity contribution in [1.29, 1.82) is 0 Å². The van der Waals surface area contributed by atoms with E-state index in [0.29, 0.717) is 17.5 Å². The minimum absolute atomic E-state index is 0.547. The fourth-order valence-corrected chi connectivity index (χ4v) is 6.95. The predicted octanol–water partition coefficient (Wildman–Crippen LogP) is 11.5. The molecule has 0 bridgehead atoms. The summed E-state index contributed by atoms with van der Waals surface area (Å²) in [5.41, 5.74) is 8.06. The molecule has 0 radical (unpaired) electrons. The fraction of sp³-hybridized carbons (Fsp3) is 0. The van der Waals surface area contributed by atoms with E-state index in [1.54, 1.807) is 0 Å². The molecule has 0 aliphatic rings. The molecule has 0 amide bonds. The average molecular weight is 616 g/mol. The zero-order valence-corrected chi connectivity index (χ0v) is 25.6. The van der Waals surface area contributed by atoms with Gasteiger partial charge in [0.15, 0.2) is 17.5 Å². The van der Waals surface area contributed by atoms with Crippen LogP contribution in [0.5, 0.6) is 0 Å². The van der Waals surface area contributed by atoms with Crippen molar-refractivity contribution in [3.8, 4) is 45.3 Å². The lowest BCUT2D eigenvalue weighted by Gasteiger charge is -2.14. The van der Waals surface area contributed by atoms with Crippen molar-refractivity contribution in [3.63, 3.8) is 0 Å². The van der Waals surface area contributed by atoms with Gasteiger partial charge in [-0.05, 0) is 35.4 Å². The van der Waals surface area contributed by atoms with Crippen LogP contribution in [0.1, 0.15) is 0 Å². The SMILES string of the molecule is c1ccc(-c2nc(-c3cccc4c3oc3ccccc34)nc(-c3cc4c5ccccc5oc4c4cccc(-c5ccccc5)c34)n2)cc1. The van der Waals surface area contributed by atoms with Crippen molar-refractivity contribution in [2.45, 2.75) is 0 Å². The zero-order chi connectivity index (χ0) is 31.6. The van der Waals surface area contributed by atoms with E-state index < -0.39 is 0 Å². The van der Waals surface area contributed by atoms with Crippen molar-refractivity contribution >= 4 is 54.6 Å². The second kappa shape index (κ2) is 10.5. The molecule has 5 nitrogen and oxygen atoms in total. The molecule has 0 unspecified atom stereocenters. The molecule has 10 rings (SSSR count). The first-order valence-corrected chi connectivity index (χ1v) is 15.9. The monoisotopic (exact) mass is 615 g/mol. The Morgan fingerprint density at radius 2 is 0.854 bits per heavy atom. The molecule has 3 heterocycles. The molecule has 0 saturated carbocycles. The van der Waals surface area contributed by atoms with Crippen molar-refractivity contribution in [2.24, 2.45) is 0 Å². The summed E-state index contributed by atoms with van der Waals surface area (Å²) in [4.78, 5) is 15.5. The molecule has 224 valence electrons. The Labute approximate surface area is 274 Å². The van der Waals surface area contributed by atoms with Gasteiger partial charge in [0, 0.05) is 43.4 Å². The molecular formula is C43H25N3O2. The van der Waals surface area contributed by atoms with Crippen LogP contribution in [0.25, 0.3) is 99.9 Å². The maximum Gasteiger partial charge on any atom is 0.167 e. The van der Waals surface area contributed by atoms with Gasteiger partial charge in [0.2, 0.25) is 0 Å². The van der Waals surface area contributed by atoms with Gasteiger partial charge in [0.05, 0.1) is 5.56 Å². The lowest BCUT2D eigenvalue weighted by Crippen LogP contribution is -2.01. The Morgan fingerprint density at radius 3 is 1.58 bits per heavy atom. The lowest BCUT2D eigenvalue weighted by molar-refractivity contribution is 0.669. The van der Waals surface area contributed by atoms with Crippen molar-refractivity contribution in [3.05, 3.63) is 152 Å². The van der Waals surface area contributed by atoms with Gasteiger partial charge in [-0.25, -0.2) is 15.0 Å². The average Bonchev–Trinajstić information content (AvgIpc) is 3.73. The van der Waals surface area contributed by atoms with Gasteiger partial charge in [0.25, 0.3) is 0 Å². The molecule has 10 aromatic rings. The van der Waals surface area contributed by atoms with E-state index in [0.717, 1.165) is 82.5 Å². The Hall–Kier alpha value is -6.59. The largest absolute Gasteiger partial charge is 0.455 e. The quantitative estimate of drug-likeness (QED) is 0.197. The first kappa shape index (κ1) is 26.6. The van der Waals surface area contributed by atoms with Crippen LogP contribution in [-0.2, 0) is 0 Å². The minimum atomic E-state index is 0.547. The number of para-hydroxylation sites is 3. The zero-order valence-electron chi connectivity index (χ0n) is 25.6. The van der Waals surface area contributed by atoms with Crippen LogP contribution in [0.4, 0.5) is 0 Å². The number of fused-ring (bicyclic) bond motifs is 8. The molecule has 5 heteroatoms. The fourth-order valence-electron chi connectivity index (χ4n) is 6.95. The summed E-state index contributed by atoms with van der Waals surface area (Å²) in [6, 6.07) is 51.5. The summed E-state index contributed by atoms with van der Waals surface area (Å²) in [5, 5.41) is 6.17. The van der Waals surface area contributed by atoms with E-state index in [2.05, 4.69) is 66.7 Å². The van der Waals surface area contributed by atoms with E-state index in [9.17, 15) is 0 Å². The topological polar surface area (TPSA) is 65.0 Å². The second-order valence-electron chi connectivity index (χ2n) is 11.9. The van der Waals surface area contributed by atoms with Crippen LogP contribution in [0.15, 0.2) is 160 Å². The number of benzene rings is 7. The van der Waals surface area contributed by atoms with Crippen LogP contribution in [0, 0.1) is 0 Å². The first-order chi connectivity index (χ1) is 23.8. The molecule has 0 fully saturated rings. The van der Waals surface area contributed by atoms with Gasteiger partial charge in [-0.2, -0.15) is 0 Å². The second-order valence-corrected chi connectivity index (χ2v) is 11.9. The van der Waals surface area contributed by atoms with E-state index in [1.807, 2.05) is 84.9 Å². The smallest absolute Gasteiger partial charge is 0.167 e. The normalized spacial score (nSPS) is 11.8. The standard InChI is InChI=1S/C43H25N3O2/c1-3-13-26(14-4-1)28-19-11-21-32-38(28)35(25-34-30-18-8-10-24-37(30)48-40(32)34)43-45-41(27-15-5-2-6-16-27)44-42(46-43)33-22-12-20-31-29-17-7-9-23-36(29)47-39(31)33/h1-25H. The third kappa shape index (κ3) is 4.08. The Bertz CT molecular complexity index is 2840. The summed E-state index contributed by atoms with van der Waals surface area (Å²) >= 11 is 0. The third-order valence-corrected chi connectivity index (χ3v) is 9.14. The van der Waals surface area contributed by atoms with Crippen LogP contribution in [-0.4, -0.2) is 15.0 Å². The number of rotatable bonds is 4. The summed E-state index contributed by atoms with van der Waals surface area (Å²) in [5.74, 6) is 1.71. The van der Waals surface area contributed by atoms with Crippen LogP contribution in [0.3, 0.4) is 0 Å². The molecule has 3 aromatic heterocycles. The first-order valence-electron chi connectivity index (χ1n) is 15.9. The van der Waals surface area contributed by atoms with Gasteiger partial charge in [0.1, 0.15) is 22.3 Å². The predicted molar refractivity (Wildman–Crippen MR) is 194 cm³/mol. The van der Waals surface area contributed by atoms with Crippen molar-refractivity contribution < 1.29 is 8.83 Å². The molecular weight excluding hydrogens is 590 g/mol. The molecule has 48 heavy (non-hydrogen) atoms. The summed E-state index contributed by atoms with van der Waals surface area (Å²) in [6.45, 7) is 0. The molecule has 0 aliphatic carbocycles. The number of hydrogen-bond acceptors (Lipinski definition) is 5. The van der Waals surface area contributed by atoms with Gasteiger partial charge in [-0.1, -0.05) is 127 Å². The van der Waals surface area contributed by atoms with Crippen molar-refractivity contribution in [2.75, 3.05) is 0 Å². The highest BCUT2D eigenvalue weighted by molar-refractivity contribution is 6.22. The minimum Gasteiger partial charge on any atom is -0.455 e. The maximum atomic E-state index is 6.54. The maximum absolute atomic E-state index is 6.54. The highest BCUT2D eigenvalue weighted by Gasteiger charge is 2.22. The molecule has 7 aromatic carbocycles. The molecule has 0 atom stereocenters. The Balaban J connectivity index is 1.34. The van der Waals surface area contributed by atoms with Crippen LogP contribution < -0.4 is 0 Å². The Morgan fingerprint density at radius 1 is 0.333 bits per heavy atom. The summed E-state index contributed by atoms with van der Waals surface area (Å²) < 4.78 is 13.0. The highest BCUT2D eigenvalue weighted by Crippen LogP contribution is 2.44. The van der Waals surface area contributed by atoms with Gasteiger partial charge >= 0.3 is 0 Å². The third-order valence-electron chi connectivity index (χ3n) is 9.14. The van der Waals surface area contributed by atoms with Gasteiger partial charge in [-0.15, -0.1) is 0 Å². The van der Waals surface area contributed by atoms with E-state index >= 15 is 0 Å². The molecule has 0 aliphatic heterocycles. The summed E-state index contributed by atoms with van der Waals surface area (Å²) in [7, 11) is 0. The van der Waals surface area contributed by atoms with Gasteiger partial charge in [-0.3, -0.25) is 0 Å². The number of nitrogens with zero attached hydrogens (tertiary/aromatic N) is 3.